The standard InChI is InChI=1S/C17H22N2O4/c1-11(2)15(20)13-14(12-7-4-5-8-18-12)19(9-6-10-23-3)17(22)16(13)21/h4-5,7-8,11,14,21H,6,9-10H2,1-3H3. The molecule has 6 nitrogen and oxygen atoms in total. The van der Waals surface area contributed by atoms with Gasteiger partial charge in [-0.15, -0.1) is 0 Å². The van der Waals surface area contributed by atoms with Gasteiger partial charge >= 0.3 is 0 Å². The molecule has 0 bridgehead atoms. The quantitative estimate of drug-likeness (QED) is 0.778. The van der Waals surface area contributed by atoms with Crippen LogP contribution in [0.2, 0.25) is 0 Å². The van der Waals surface area contributed by atoms with Crippen LogP contribution < -0.4 is 0 Å². The Kier molecular flexibility index (Phi) is 5.50. The van der Waals surface area contributed by atoms with Crippen molar-refractivity contribution in [2.24, 2.45) is 5.92 Å². The maximum absolute atomic E-state index is 12.5. The summed E-state index contributed by atoms with van der Waals surface area (Å²) < 4.78 is 5.02. The van der Waals surface area contributed by atoms with Crippen LogP contribution in [0, 0.1) is 5.92 Å². The van der Waals surface area contributed by atoms with Gasteiger partial charge in [0.05, 0.1) is 11.3 Å². The van der Waals surface area contributed by atoms with Crippen molar-refractivity contribution in [2.45, 2.75) is 26.3 Å². The molecule has 1 aliphatic rings. The topological polar surface area (TPSA) is 79.7 Å². The minimum absolute atomic E-state index is 0.140. The van der Waals surface area contributed by atoms with Crippen LogP contribution in [0.25, 0.3) is 0 Å². The third-order valence-corrected chi connectivity index (χ3v) is 3.81. The van der Waals surface area contributed by atoms with E-state index in [1.54, 1.807) is 45.4 Å². The number of aromatic nitrogens is 1. The normalized spacial score (nSPS) is 18.2. The second-order valence-electron chi connectivity index (χ2n) is 5.78. The van der Waals surface area contributed by atoms with Crippen LogP contribution in [0.1, 0.15) is 32.0 Å². The van der Waals surface area contributed by atoms with Crippen LogP contribution in [0.4, 0.5) is 0 Å². The van der Waals surface area contributed by atoms with Gasteiger partial charge in [0.15, 0.2) is 11.5 Å². The second kappa shape index (κ2) is 7.37. The van der Waals surface area contributed by atoms with E-state index >= 15 is 0 Å². The molecule has 0 aromatic carbocycles. The molecule has 124 valence electrons. The number of carbonyl (C=O) groups is 2. The molecule has 0 spiro atoms. The highest BCUT2D eigenvalue weighted by molar-refractivity contribution is 6.09. The first kappa shape index (κ1) is 17.1. The van der Waals surface area contributed by atoms with Crippen molar-refractivity contribution in [2.75, 3.05) is 20.3 Å². The van der Waals surface area contributed by atoms with Crippen LogP contribution >= 0.6 is 0 Å². The SMILES string of the molecule is COCCCN1C(=O)C(O)=C(C(=O)C(C)C)C1c1ccccn1. The number of aliphatic hydroxyl groups excluding tert-OH is 1. The smallest absolute Gasteiger partial charge is 0.290 e. The Morgan fingerprint density at radius 1 is 1.43 bits per heavy atom. The zero-order valence-electron chi connectivity index (χ0n) is 13.7. The second-order valence-corrected chi connectivity index (χ2v) is 5.78. The molecule has 1 aliphatic heterocycles. The highest BCUT2D eigenvalue weighted by Gasteiger charge is 2.44. The van der Waals surface area contributed by atoms with Crippen molar-refractivity contribution >= 4 is 11.7 Å². The predicted octanol–water partition coefficient (Wildman–Crippen LogP) is 2.04. The maximum atomic E-state index is 12.5. The van der Waals surface area contributed by atoms with E-state index in [0.717, 1.165) is 0 Å². The number of ketones is 1. The fourth-order valence-electron chi connectivity index (χ4n) is 2.67. The fourth-order valence-corrected chi connectivity index (χ4v) is 2.67. The van der Waals surface area contributed by atoms with Crippen LogP contribution in [0.15, 0.2) is 35.7 Å². The van der Waals surface area contributed by atoms with E-state index in [2.05, 4.69) is 4.98 Å². The van der Waals surface area contributed by atoms with Gasteiger partial charge in [0.1, 0.15) is 6.04 Å². The van der Waals surface area contributed by atoms with Crippen molar-refractivity contribution in [3.8, 4) is 0 Å². The third-order valence-electron chi connectivity index (χ3n) is 3.81. The number of hydrogen-bond acceptors (Lipinski definition) is 5. The van der Waals surface area contributed by atoms with Gasteiger partial charge in [0, 0.05) is 32.4 Å². The monoisotopic (exact) mass is 318 g/mol. The molecular weight excluding hydrogens is 296 g/mol. The summed E-state index contributed by atoms with van der Waals surface area (Å²) >= 11 is 0. The lowest BCUT2D eigenvalue weighted by Gasteiger charge is -2.26. The summed E-state index contributed by atoms with van der Waals surface area (Å²) in [4.78, 5) is 30.7. The molecule has 0 saturated carbocycles. The Labute approximate surface area is 135 Å². The summed E-state index contributed by atoms with van der Waals surface area (Å²) in [5, 5.41) is 10.2. The molecule has 1 aromatic heterocycles. The summed E-state index contributed by atoms with van der Waals surface area (Å²) in [6.45, 7) is 4.37. The number of nitrogens with zero attached hydrogens (tertiary/aromatic N) is 2. The number of hydrogen-bond donors (Lipinski definition) is 1. The van der Waals surface area contributed by atoms with Crippen molar-refractivity contribution in [1.29, 1.82) is 0 Å². The molecule has 1 amide bonds. The molecule has 0 saturated heterocycles. The largest absolute Gasteiger partial charge is 0.503 e. The summed E-state index contributed by atoms with van der Waals surface area (Å²) in [6, 6.07) is 4.68. The van der Waals surface area contributed by atoms with Gasteiger partial charge in [-0.2, -0.15) is 0 Å². The minimum atomic E-state index is -0.643. The predicted molar refractivity (Wildman–Crippen MR) is 84.7 cm³/mol. The van der Waals surface area contributed by atoms with Crippen molar-refractivity contribution in [1.82, 2.24) is 9.88 Å². The van der Waals surface area contributed by atoms with E-state index in [4.69, 9.17) is 4.74 Å². The van der Waals surface area contributed by atoms with E-state index in [9.17, 15) is 14.7 Å². The van der Waals surface area contributed by atoms with E-state index < -0.39 is 17.7 Å². The summed E-state index contributed by atoms with van der Waals surface area (Å²) in [5.41, 5.74) is 0.715. The Hall–Kier alpha value is -2.21. The number of pyridine rings is 1. The number of amides is 1. The third kappa shape index (κ3) is 3.42. The maximum Gasteiger partial charge on any atom is 0.290 e. The molecule has 1 aromatic rings. The molecular formula is C17H22N2O4. The number of methoxy groups -OCH3 is 1. The average molecular weight is 318 g/mol. The van der Waals surface area contributed by atoms with Gasteiger partial charge in [-0.1, -0.05) is 19.9 Å². The fraction of sp³-hybridized carbons (Fsp3) is 0.471. The molecule has 2 heterocycles. The van der Waals surface area contributed by atoms with Gasteiger partial charge in [-0.05, 0) is 18.6 Å². The van der Waals surface area contributed by atoms with Crippen LogP contribution in [-0.2, 0) is 14.3 Å². The minimum Gasteiger partial charge on any atom is -0.503 e. The lowest BCUT2D eigenvalue weighted by molar-refractivity contribution is -0.129. The average Bonchev–Trinajstić information content (AvgIpc) is 2.80. The zero-order chi connectivity index (χ0) is 17.0. The van der Waals surface area contributed by atoms with E-state index in [0.29, 0.717) is 25.3 Å². The molecule has 6 heteroatoms. The summed E-state index contributed by atoms with van der Waals surface area (Å²) in [5.74, 6) is -1.54. The molecule has 0 aliphatic carbocycles. The summed E-state index contributed by atoms with van der Waals surface area (Å²) in [7, 11) is 1.59. The number of rotatable bonds is 7. The van der Waals surface area contributed by atoms with Gasteiger partial charge < -0.3 is 14.7 Å². The number of Topliss-reactive ketones (excluding diaryl/α,β-unsaturated/α-hetero) is 1. The number of aliphatic hydroxyl groups is 1. The van der Waals surface area contributed by atoms with E-state index in [1.807, 2.05) is 0 Å². The first-order valence-corrected chi connectivity index (χ1v) is 7.67. The molecule has 1 N–H and O–H groups in total. The number of ether oxygens (including phenoxy) is 1. The first-order valence-electron chi connectivity index (χ1n) is 7.67. The summed E-state index contributed by atoms with van der Waals surface area (Å²) in [6.07, 6.45) is 2.22. The van der Waals surface area contributed by atoms with Crippen molar-refractivity contribution < 1.29 is 19.4 Å². The van der Waals surface area contributed by atoms with Crippen LogP contribution in [-0.4, -0.2) is 46.9 Å². The zero-order valence-corrected chi connectivity index (χ0v) is 13.7. The Bertz CT molecular complexity index is 610. The lowest BCUT2D eigenvalue weighted by Crippen LogP contribution is -2.33. The van der Waals surface area contributed by atoms with Crippen LogP contribution in [0.3, 0.4) is 0 Å². The lowest BCUT2D eigenvalue weighted by atomic mass is 9.93. The van der Waals surface area contributed by atoms with E-state index in [1.165, 1.54) is 4.90 Å². The highest BCUT2D eigenvalue weighted by atomic mass is 16.5. The molecule has 0 fully saturated rings. The van der Waals surface area contributed by atoms with E-state index in [-0.39, 0.29) is 17.3 Å². The highest BCUT2D eigenvalue weighted by Crippen LogP contribution is 2.37. The van der Waals surface area contributed by atoms with Crippen molar-refractivity contribution in [3.63, 3.8) is 0 Å². The first-order chi connectivity index (χ1) is 11.0. The number of carbonyl (C=O) groups excluding carboxylic acids is 2. The Balaban J connectivity index is 2.42. The molecule has 2 rings (SSSR count). The van der Waals surface area contributed by atoms with Gasteiger partial charge in [-0.3, -0.25) is 14.6 Å². The van der Waals surface area contributed by atoms with Gasteiger partial charge in [0.2, 0.25) is 0 Å². The molecule has 0 radical (unpaired) electrons. The van der Waals surface area contributed by atoms with Gasteiger partial charge in [-0.25, -0.2) is 0 Å². The van der Waals surface area contributed by atoms with Gasteiger partial charge in [0.25, 0.3) is 5.91 Å². The van der Waals surface area contributed by atoms with Crippen molar-refractivity contribution in [3.05, 3.63) is 41.4 Å². The Morgan fingerprint density at radius 2 is 2.17 bits per heavy atom. The molecule has 23 heavy (non-hydrogen) atoms. The Morgan fingerprint density at radius 3 is 2.74 bits per heavy atom. The molecule has 1 unspecified atom stereocenters. The van der Waals surface area contributed by atoms with Crippen LogP contribution in [0.5, 0.6) is 0 Å². The molecule has 1 atom stereocenters.